The van der Waals surface area contributed by atoms with E-state index in [1.807, 2.05) is 12.1 Å². The van der Waals surface area contributed by atoms with Gasteiger partial charge in [0.1, 0.15) is 6.04 Å². The lowest BCUT2D eigenvalue weighted by Gasteiger charge is -2.30. The first-order valence-corrected chi connectivity index (χ1v) is 11.7. The van der Waals surface area contributed by atoms with Crippen molar-refractivity contribution in [1.29, 1.82) is 0 Å². The molecule has 2 atom stereocenters. The Morgan fingerprint density at radius 2 is 2.00 bits per heavy atom. The molecular weight excluding hydrogens is 462 g/mol. The number of halogens is 1. The van der Waals surface area contributed by atoms with Gasteiger partial charge in [0.25, 0.3) is 5.91 Å². The van der Waals surface area contributed by atoms with Gasteiger partial charge >= 0.3 is 6.03 Å². The maximum atomic E-state index is 13.3. The number of aromatic nitrogens is 1. The van der Waals surface area contributed by atoms with Gasteiger partial charge in [0, 0.05) is 25.5 Å². The molecular formula is C23H34ClN5O5. The number of hydrogen-bond donors (Lipinski definition) is 3. The second-order valence-corrected chi connectivity index (χ2v) is 8.86. The molecule has 1 aliphatic carbocycles. The average molecular weight is 496 g/mol. The summed E-state index contributed by atoms with van der Waals surface area (Å²) in [4.78, 5) is 54.7. The number of pyridine rings is 1. The maximum absolute atomic E-state index is 13.3. The molecule has 3 N–H and O–H groups in total. The highest BCUT2D eigenvalue weighted by Crippen LogP contribution is 2.32. The summed E-state index contributed by atoms with van der Waals surface area (Å²) < 4.78 is 0. The Morgan fingerprint density at radius 3 is 2.68 bits per heavy atom. The van der Waals surface area contributed by atoms with Crippen molar-refractivity contribution in [2.24, 2.45) is 11.8 Å². The quantitative estimate of drug-likeness (QED) is 0.258. The molecule has 2 aliphatic rings. The van der Waals surface area contributed by atoms with Crippen LogP contribution in [0.3, 0.4) is 0 Å². The standard InChI is InChI=1S/C23H33N5O5.ClH/c29-16-27(33)15-19(13-17-5-1-2-6-17)22(31)28-12-4-8-20(28)21(30)26-23(32)25-11-9-18-7-3-10-24-14-18;/h3,7,10,14,16-17,19-20,33H,1-2,4-6,8-9,11-13,15H2,(H2,25,26,30,32);1H/t19-,20+;/m1./s1. The van der Waals surface area contributed by atoms with Gasteiger partial charge in [0.2, 0.25) is 12.3 Å². The van der Waals surface area contributed by atoms with Crippen molar-refractivity contribution in [1.82, 2.24) is 25.6 Å². The molecule has 0 unspecified atom stereocenters. The Balaban J connectivity index is 0.00000408. The first-order valence-electron chi connectivity index (χ1n) is 11.7. The largest absolute Gasteiger partial charge is 0.337 e. The SMILES string of the molecule is Cl.O=CN(O)C[C@@H](CC1CCCC1)C(=O)N1CCC[C@H]1C(=O)NC(=O)NCCc1cccnc1. The normalized spacial score (nSPS) is 18.6. The van der Waals surface area contributed by atoms with Crippen LogP contribution in [0.2, 0.25) is 0 Å². The number of urea groups is 1. The minimum Gasteiger partial charge on any atom is -0.337 e. The van der Waals surface area contributed by atoms with Crippen LogP contribution in [0.15, 0.2) is 24.5 Å². The molecule has 188 valence electrons. The summed E-state index contributed by atoms with van der Waals surface area (Å²) in [5.41, 5.74) is 0.971. The third-order valence-electron chi connectivity index (χ3n) is 6.47. The van der Waals surface area contributed by atoms with Crippen LogP contribution in [-0.4, -0.2) is 70.1 Å². The van der Waals surface area contributed by atoms with Crippen molar-refractivity contribution >= 4 is 36.7 Å². The van der Waals surface area contributed by atoms with E-state index in [1.165, 1.54) is 4.90 Å². The summed E-state index contributed by atoms with van der Waals surface area (Å²) in [6.45, 7) is 0.658. The fraction of sp³-hybridized carbons (Fsp3) is 0.609. The van der Waals surface area contributed by atoms with Gasteiger partial charge in [-0.3, -0.25) is 29.9 Å². The van der Waals surface area contributed by atoms with E-state index >= 15 is 0 Å². The second-order valence-electron chi connectivity index (χ2n) is 8.86. The highest BCUT2D eigenvalue weighted by Gasteiger charge is 2.39. The molecule has 34 heavy (non-hydrogen) atoms. The molecule has 1 saturated heterocycles. The molecule has 1 aromatic rings. The number of imide groups is 1. The number of nitrogens with one attached hydrogen (secondary N) is 2. The molecule has 2 fully saturated rings. The highest BCUT2D eigenvalue weighted by molar-refractivity contribution is 5.99. The fourth-order valence-corrected chi connectivity index (χ4v) is 4.81. The third-order valence-corrected chi connectivity index (χ3v) is 6.47. The number of carbonyl (C=O) groups is 4. The summed E-state index contributed by atoms with van der Waals surface area (Å²) in [7, 11) is 0. The van der Waals surface area contributed by atoms with E-state index < -0.39 is 23.9 Å². The van der Waals surface area contributed by atoms with Gasteiger partial charge in [-0.2, -0.15) is 0 Å². The molecule has 1 aliphatic heterocycles. The van der Waals surface area contributed by atoms with Gasteiger partial charge in [-0.25, -0.2) is 9.86 Å². The van der Waals surface area contributed by atoms with Crippen LogP contribution < -0.4 is 10.6 Å². The number of hydroxylamine groups is 2. The van der Waals surface area contributed by atoms with Crippen LogP contribution in [0.4, 0.5) is 4.79 Å². The number of amides is 5. The molecule has 3 rings (SSSR count). The predicted octanol–water partition coefficient (Wildman–Crippen LogP) is 1.91. The predicted molar refractivity (Wildman–Crippen MR) is 126 cm³/mol. The lowest BCUT2D eigenvalue weighted by atomic mass is 9.91. The summed E-state index contributed by atoms with van der Waals surface area (Å²) in [6, 6.07) is 2.37. The monoisotopic (exact) mass is 495 g/mol. The smallest absolute Gasteiger partial charge is 0.321 e. The van der Waals surface area contributed by atoms with Crippen LogP contribution in [0.5, 0.6) is 0 Å². The molecule has 1 aromatic heterocycles. The van der Waals surface area contributed by atoms with Crippen molar-refractivity contribution in [2.45, 2.75) is 57.4 Å². The van der Waals surface area contributed by atoms with Crippen LogP contribution in [0.25, 0.3) is 0 Å². The molecule has 1 saturated carbocycles. The van der Waals surface area contributed by atoms with Gasteiger partial charge in [0.15, 0.2) is 0 Å². The Bertz CT molecular complexity index is 821. The number of nitrogens with zero attached hydrogens (tertiary/aromatic N) is 3. The summed E-state index contributed by atoms with van der Waals surface area (Å²) >= 11 is 0. The third kappa shape index (κ3) is 7.95. The highest BCUT2D eigenvalue weighted by atomic mass is 35.5. The van der Waals surface area contributed by atoms with Gasteiger partial charge < -0.3 is 10.2 Å². The number of rotatable bonds is 10. The number of likely N-dealkylation sites (tertiary alicyclic amines) is 1. The minimum absolute atomic E-state index is 0. The number of hydrogen-bond acceptors (Lipinski definition) is 6. The molecule has 0 radical (unpaired) electrons. The second kappa shape index (κ2) is 13.9. The molecule has 11 heteroatoms. The van der Waals surface area contributed by atoms with E-state index in [-0.39, 0.29) is 24.9 Å². The van der Waals surface area contributed by atoms with Crippen molar-refractivity contribution in [3.63, 3.8) is 0 Å². The summed E-state index contributed by atoms with van der Waals surface area (Å²) in [5.74, 6) is -0.975. The van der Waals surface area contributed by atoms with Crippen molar-refractivity contribution in [3.8, 4) is 0 Å². The van der Waals surface area contributed by atoms with Crippen molar-refractivity contribution in [2.75, 3.05) is 19.6 Å². The summed E-state index contributed by atoms with van der Waals surface area (Å²) in [6.07, 6.45) is 10.2. The first kappa shape index (κ1) is 27.5. The molecule has 0 bridgehead atoms. The first-order chi connectivity index (χ1) is 16.0. The molecule has 0 aromatic carbocycles. The average Bonchev–Trinajstić information content (AvgIpc) is 3.51. The fourth-order valence-electron chi connectivity index (χ4n) is 4.81. The van der Waals surface area contributed by atoms with E-state index in [1.54, 1.807) is 12.4 Å². The van der Waals surface area contributed by atoms with Crippen molar-refractivity contribution < 1.29 is 24.4 Å². The van der Waals surface area contributed by atoms with Gasteiger partial charge in [-0.05, 0) is 43.2 Å². The van der Waals surface area contributed by atoms with E-state index in [4.69, 9.17) is 0 Å². The van der Waals surface area contributed by atoms with E-state index in [2.05, 4.69) is 15.6 Å². The van der Waals surface area contributed by atoms with E-state index in [9.17, 15) is 24.4 Å². The van der Waals surface area contributed by atoms with Gasteiger partial charge in [-0.1, -0.05) is 31.7 Å². The number of carbonyl (C=O) groups excluding carboxylic acids is 4. The van der Waals surface area contributed by atoms with Crippen LogP contribution in [0.1, 0.15) is 50.5 Å². The van der Waals surface area contributed by atoms with Crippen LogP contribution >= 0.6 is 12.4 Å². The molecule has 10 nitrogen and oxygen atoms in total. The lowest BCUT2D eigenvalue weighted by molar-refractivity contribution is -0.158. The summed E-state index contributed by atoms with van der Waals surface area (Å²) in [5, 5.41) is 15.2. The zero-order valence-corrected chi connectivity index (χ0v) is 20.0. The van der Waals surface area contributed by atoms with Crippen LogP contribution in [-0.2, 0) is 20.8 Å². The lowest BCUT2D eigenvalue weighted by Crippen LogP contribution is -2.52. The Morgan fingerprint density at radius 1 is 1.24 bits per heavy atom. The van der Waals surface area contributed by atoms with E-state index in [0.29, 0.717) is 56.2 Å². The molecule has 0 spiro atoms. The molecule has 5 amide bonds. The van der Waals surface area contributed by atoms with Gasteiger partial charge in [0.05, 0.1) is 12.5 Å². The Hall–Kier alpha value is -2.72. The minimum atomic E-state index is -0.740. The Kier molecular flexibility index (Phi) is 11.2. The maximum Gasteiger partial charge on any atom is 0.321 e. The van der Waals surface area contributed by atoms with E-state index in [0.717, 1.165) is 31.2 Å². The van der Waals surface area contributed by atoms with Crippen LogP contribution in [0, 0.1) is 11.8 Å². The van der Waals surface area contributed by atoms with Crippen molar-refractivity contribution in [3.05, 3.63) is 30.1 Å². The zero-order chi connectivity index (χ0) is 23.6. The molecule has 2 heterocycles. The topological polar surface area (TPSA) is 132 Å². The van der Waals surface area contributed by atoms with Gasteiger partial charge in [-0.15, -0.1) is 12.4 Å². The zero-order valence-electron chi connectivity index (χ0n) is 19.2. The Labute approximate surface area is 205 Å².